The summed E-state index contributed by atoms with van der Waals surface area (Å²) in [4.78, 5) is 50.1. The van der Waals surface area contributed by atoms with E-state index < -0.39 is 83.2 Å². The summed E-state index contributed by atoms with van der Waals surface area (Å²) in [6, 6.07) is 0. The molecule has 5 N–H and O–H groups in total. The highest BCUT2D eigenvalue weighted by molar-refractivity contribution is 7.47. The molecule has 0 aromatic carbocycles. The molecule has 1 aliphatic rings. The molecule has 1 saturated carbocycles. The normalized spacial score (nSPS) is 32.0. The van der Waals surface area contributed by atoms with Crippen molar-refractivity contribution in [2.75, 3.05) is 13.2 Å². The third kappa shape index (κ3) is 9.22. The van der Waals surface area contributed by atoms with Crippen molar-refractivity contribution in [2.45, 2.75) is 58.2 Å². The Morgan fingerprint density at radius 1 is 0.871 bits per heavy atom. The summed E-state index contributed by atoms with van der Waals surface area (Å²) in [6.07, 6.45) is -8.00. The largest absolute Gasteiger partial charge is 0.472 e. The molecule has 0 radical (unpaired) electrons. The molecule has 1 aliphatic carbocycles. The summed E-state index contributed by atoms with van der Waals surface area (Å²) in [5.41, 5.74) is 0. The Labute approximate surface area is 178 Å². The Balaban J connectivity index is 2.90. The van der Waals surface area contributed by atoms with E-state index in [1.54, 1.807) is 0 Å². The number of phosphoric acid groups is 2. The maximum absolute atomic E-state index is 12.3. The van der Waals surface area contributed by atoms with E-state index in [-0.39, 0.29) is 0 Å². The first-order valence-corrected chi connectivity index (χ1v) is 12.1. The van der Waals surface area contributed by atoms with Gasteiger partial charge >= 0.3 is 27.6 Å². The first-order valence-electron chi connectivity index (χ1n) is 9.10. The number of hydrogen-bond donors (Lipinski definition) is 5. The van der Waals surface area contributed by atoms with E-state index in [4.69, 9.17) is 23.6 Å². The summed E-state index contributed by atoms with van der Waals surface area (Å²) < 4.78 is 47.1. The van der Waals surface area contributed by atoms with Gasteiger partial charge in [0.15, 0.2) is 6.10 Å². The number of aliphatic hydroxyl groups excluding tert-OH is 2. The maximum Gasteiger partial charge on any atom is 0.472 e. The lowest BCUT2D eigenvalue weighted by molar-refractivity contribution is -0.171. The van der Waals surface area contributed by atoms with Gasteiger partial charge in [-0.25, -0.2) is 9.13 Å². The van der Waals surface area contributed by atoms with Gasteiger partial charge < -0.3 is 34.4 Å². The van der Waals surface area contributed by atoms with Crippen molar-refractivity contribution in [3.8, 4) is 0 Å². The van der Waals surface area contributed by atoms with Crippen LogP contribution >= 0.6 is 15.6 Å². The fourth-order valence-electron chi connectivity index (χ4n) is 2.97. The molecule has 1 fully saturated rings. The maximum atomic E-state index is 12.3. The number of ether oxygens (including phenoxy) is 2. The molecule has 0 heterocycles. The molecule has 31 heavy (non-hydrogen) atoms. The number of esters is 2. The Morgan fingerprint density at radius 3 is 1.94 bits per heavy atom. The van der Waals surface area contributed by atoms with E-state index in [9.17, 15) is 33.8 Å². The lowest BCUT2D eigenvalue weighted by Gasteiger charge is -2.45. The van der Waals surface area contributed by atoms with Crippen molar-refractivity contribution in [1.29, 1.82) is 0 Å². The van der Waals surface area contributed by atoms with Gasteiger partial charge in [-0.1, -0.05) is 13.8 Å². The van der Waals surface area contributed by atoms with Crippen molar-refractivity contribution in [1.82, 2.24) is 0 Å². The Bertz CT molecular complexity index is 723. The Morgan fingerprint density at radius 2 is 1.45 bits per heavy atom. The lowest BCUT2D eigenvalue weighted by atomic mass is 9.74. The fraction of sp³-hybridized carbons (Fsp3) is 0.867. The molecule has 0 bridgehead atoms. The quantitative estimate of drug-likeness (QED) is 0.191. The van der Waals surface area contributed by atoms with Gasteiger partial charge in [-0.2, -0.15) is 0 Å². The van der Waals surface area contributed by atoms with E-state index in [0.717, 1.165) is 13.8 Å². The predicted molar refractivity (Wildman–Crippen MR) is 100 cm³/mol. The first-order chi connectivity index (χ1) is 14.0. The van der Waals surface area contributed by atoms with Crippen molar-refractivity contribution in [3.05, 3.63) is 0 Å². The molecule has 0 aromatic rings. The standard InChI is InChI=1S/C15H28O14P2/c1-7-8(2)14(28-30(20,21)22)13(19)15(12(7)18)29-31(23,24)26-6-11(27-10(4)17)5-25-9(3)16/h7-8,11-15,18-19H,5-6H2,1-4H3,(H,23,24)(H2,20,21,22)/t7?,8?,11-,12?,13?,14?,15?/m0/s1. The van der Waals surface area contributed by atoms with E-state index in [1.165, 1.54) is 13.8 Å². The molecule has 182 valence electrons. The van der Waals surface area contributed by atoms with Gasteiger partial charge in [-0.15, -0.1) is 0 Å². The summed E-state index contributed by atoms with van der Waals surface area (Å²) in [5, 5.41) is 20.7. The molecule has 14 nitrogen and oxygen atoms in total. The topological polar surface area (TPSA) is 216 Å². The Hall–Kier alpha value is -0.920. The second kappa shape index (κ2) is 11.3. The van der Waals surface area contributed by atoms with Crippen LogP contribution in [0.1, 0.15) is 27.7 Å². The zero-order valence-corrected chi connectivity index (χ0v) is 19.0. The van der Waals surface area contributed by atoms with E-state index in [2.05, 4.69) is 9.26 Å². The molecule has 0 aromatic heterocycles. The summed E-state index contributed by atoms with van der Waals surface area (Å²) in [7, 11) is -10.0. The van der Waals surface area contributed by atoms with Crippen molar-refractivity contribution in [2.24, 2.45) is 11.8 Å². The predicted octanol–water partition coefficient (Wildman–Crippen LogP) is -0.531. The summed E-state index contributed by atoms with van der Waals surface area (Å²) in [5.74, 6) is -3.00. The molecule has 1 rings (SSSR count). The van der Waals surface area contributed by atoms with Crippen LogP contribution in [-0.4, -0.2) is 80.6 Å². The van der Waals surface area contributed by atoms with Crippen molar-refractivity contribution < 1.29 is 66.7 Å². The molecule has 8 atom stereocenters. The van der Waals surface area contributed by atoms with Gasteiger partial charge in [0.1, 0.15) is 24.9 Å². The van der Waals surface area contributed by atoms with Gasteiger partial charge in [0.05, 0.1) is 12.7 Å². The van der Waals surface area contributed by atoms with Crippen LogP contribution in [0.5, 0.6) is 0 Å². The van der Waals surface area contributed by atoms with Crippen LogP contribution in [0.25, 0.3) is 0 Å². The fourth-order valence-corrected chi connectivity index (χ4v) is 4.58. The average molecular weight is 494 g/mol. The van der Waals surface area contributed by atoms with E-state index >= 15 is 0 Å². The molecule has 7 unspecified atom stereocenters. The lowest BCUT2D eigenvalue weighted by Crippen LogP contribution is -2.58. The number of rotatable bonds is 10. The van der Waals surface area contributed by atoms with Gasteiger partial charge in [0.2, 0.25) is 0 Å². The number of carbonyl (C=O) groups excluding carboxylic acids is 2. The molecule has 0 aliphatic heterocycles. The third-order valence-corrected chi connectivity index (χ3v) is 6.14. The SMILES string of the molecule is CC(=O)OC[C@@H](COP(=O)(O)OC1C(O)C(C)C(C)C(OP(=O)(O)O)C1O)OC(C)=O. The van der Waals surface area contributed by atoms with Crippen LogP contribution in [0.3, 0.4) is 0 Å². The van der Waals surface area contributed by atoms with Gasteiger partial charge in [0.25, 0.3) is 0 Å². The van der Waals surface area contributed by atoms with Crippen LogP contribution in [0.2, 0.25) is 0 Å². The highest BCUT2D eigenvalue weighted by atomic mass is 31.2. The molecule has 0 saturated heterocycles. The minimum absolute atomic E-state index is 0.476. The Kier molecular flexibility index (Phi) is 10.2. The molecule has 0 amide bonds. The highest BCUT2D eigenvalue weighted by Crippen LogP contribution is 2.50. The monoisotopic (exact) mass is 494 g/mol. The smallest absolute Gasteiger partial charge is 0.462 e. The van der Waals surface area contributed by atoms with E-state index in [0.29, 0.717) is 0 Å². The van der Waals surface area contributed by atoms with Crippen LogP contribution in [0, 0.1) is 11.8 Å². The van der Waals surface area contributed by atoms with Crippen LogP contribution in [0.4, 0.5) is 0 Å². The third-order valence-electron chi connectivity index (χ3n) is 4.64. The molecule has 16 heteroatoms. The van der Waals surface area contributed by atoms with Crippen LogP contribution < -0.4 is 0 Å². The van der Waals surface area contributed by atoms with E-state index in [1.807, 2.05) is 0 Å². The zero-order valence-electron chi connectivity index (χ0n) is 17.3. The molecular weight excluding hydrogens is 466 g/mol. The number of aliphatic hydroxyl groups is 2. The van der Waals surface area contributed by atoms with Crippen molar-refractivity contribution >= 4 is 27.6 Å². The zero-order chi connectivity index (χ0) is 24.1. The minimum atomic E-state index is -5.04. The molecular formula is C15H28O14P2. The van der Waals surface area contributed by atoms with Gasteiger partial charge in [-0.05, 0) is 11.8 Å². The number of carbonyl (C=O) groups is 2. The number of hydrogen-bond acceptors (Lipinski definition) is 11. The van der Waals surface area contributed by atoms with Crippen molar-refractivity contribution in [3.63, 3.8) is 0 Å². The molecule has 0 spiro atoms. The van der Waals surface area contributed by atoms with Gasteiger partial charge in [-0.3, -0.25) is 23.2 Å². The van der Waals surface area contributed by atoms with Crippen LogP contribution in [-0.2, 0) is 41.8 Å². The van der Waals surface area contributed by atoms with Gasteiger partial charge in [0, 0.05) is 13.8 Å². The second-order valence-corrected chi connectivity index (χ2v) is 9.73. The summed E-state index contributed by atoms with van der Waals surface area (Å²) >= 11 is 0. The summed E-state index contributed by atoms with van der Waals surface area (Å²) in [6.45, 7) is 3.85. The number of phosphoric ester groups is 2. The second-order valence-electron chi connectivity index (χ2n) is 7.13. The highest BCUT2D eigenvalue weighted by Gasteiger charge is 2.51. The first kappa shape index (κ1) is 28.1. The minimum Gasteiger partial charge on any atom is -0.462 e. The average Bonchev–Trinajstić information content (AvgIpc) is 2.62. The van der Waals surface area contributed by atoms with Crippen LogP contribution in [0.15, 0.2) is 0 Å².